The van der Waals surface area contributed by atoms with Gasteiger partial charge in [0.2, 0.25) is 0 Å². The zero-order valence-corrected chi connectivity index (χ0v) is 16.8. The number of carbonyl (C=O) groups is 2. The lowest BCUT2D eigenvalue weighted by Gasteiger charge is -2.35. The minimum absolute atomic E-state index is 0.0839. The van der Waals surface area contributed by atoms with Crippen molar-refractivity contribution < 1.29 is 14.3 Å². The number of hydrogen-bond acceptors (Lipinski definition) is 5. The number of aryl methyl sites for hydroxylation is 2. The smallest absolute Gasteiger partial charge is 0.296 e. The fourth-order valence-electron chi connectivity index (χ4n) is 4.55. The molecule has 0 saturated heterocycles. The summed E-state index contributed by atoms with van der Waals surface area (Å²) in [5, 5.41) is 0.627. The standard InChI is InChI=1S/C22H22N2O3S/c1-12-13(2)28-22(23-12)24-18(14-8-4-3-5-9-14)17-19(25)15-10-6-7-11-16(15)27-20(17)21(24)26/h3-5,8-9,15-16,18H,6-7,10-11H2,1-2H3. The van der Waals surface area contributed by atoms with Gasteiger partial charge in [0.25, 0.3) is 5.91 Å². The molecule has 1 aliphatic carbocycles. The Morgan fingerprint density at radius 3 is 2.57 bits per heavy atom. The normalized spacial score (nSPS) is 26.9. The molecule has 28 heavy (non-hydrogen) atoms. The van der Waals surface area contributed by atoms with Gasteiger partial charge in [-0.25, -0.2) is 4.98 Å². The lowest BCUT2D eigenvalue weighted by atomic mass is 9.77. The van der Waals surface area contributed by atoms with E-state index in [1.54, 1.807) is 4.90 Å². The average Bonchev–Trinajstić information content (AvgIpc) is 3.19. The van der Waals surface area contributed by atoms with Crippen LogP contribution in [0.15, 0.2) is 41.7 Å². The number of rotatable bonds is 2. The van der Waals surface area contributed by atoms with E-state index in [2.05, 4.69) is 4.98 Å². The number of nitrogens with zero attached hydrogens (tertiary/aromatic N) is 2. The molecule has 2 aromatic rings. The minimum Gasteiger partial charge on any atom is -0.483 e. The van der Waals surface area contributed by atoms with E-state index in [-0.39, 0.29) is 29.5 Å². The van der Waals surface area contributed by atoms with E-state index in [0.29, 0.717) is 10.7 Å². The van der Waals surface area contributed by atoms with Crippen LogP contribution in [0.25, 0.3) is 0 Å². The van der Waals surface area contributed by atoms with Crippen molar-refractivity contribution in [2.75, 3.05) is 4.90 Å². The van der Waals surface area contributed by atoms with E-state index < -0.39 is 6.04 Å². The Morgan fingerprint density at radius 1 is 1.11 bits per heavy atom. The van der Waals surface area contributed by atoms with Crippen molar-refractivity contribution in [2.24, 2.45) is 5.92 Å². The molecule has 0 bridgehead atoms. The van der Waals surface area contributed by atoms with Crippen molar-refractivity contribution in [2.45, 2.75) is 51.7 Å². The molecule has 1 amide bonds. The largest absolute Gasteiger partial charge is 0.483 e. The zero-order valence-electron chi connectivity index (χ0n) is 16.0. The number of thiazole rings is 1. The average molecular weight is 394 g/mol. The Bertz CT molecular complexity index is 975. The van der Waals surface area contributed by atoms with Crippen LogP contribution in [0.4, 0.5) is 5.13 Å². The van der Waals surface area contributed by atoms with Crippen LogP contribution in [0.3, 0.4) is 0 Å². The van der Waals surface area contributed by atoms with Gasteiger partial charge < -0.3 is 4.74 Å². The van der Waals surface area contributed by atoms with Crippen molar-refractivity contribution in [1.29, 1.82) is 0 Å². The van der Waals surface area contributed by atoms with Crippen LogP contribution in [0.5, 0.6) is 0 Å². The lowest BCUT2D eigenvalue weighted by Crippen LogP contribution is -2.39. The molecule has 0 radical (unpaired) electrons. The van der Waals surface area contributed by atoms with Gasteiger partial charge in [0, 0.05) is 4.88 Å². The lowest BCUT2D eigenvalue weighted by molar-refractivity contribution is -0.131. The summed E-state index contributed by atoms with van der Waals surface area (Å²) in [6.45, 7) is 3.94. The van der Waals surface area contributed by atoms with Gasteiger partial charge in [0.05, 0.1) is 23.2 Å². The van der Waals surface area contributed by atoms with Gasteiger partial charge in [-0.15, -0.1) is 11.3 Å². The highest BCUT2D eigenvalue weighted by molar-refractivity contribution is 7.15. The van der Waals surface area contributed by atoms with Crippen LogP contribution in [0, 0.1) is 19.8 Å². The zero-order chi connectivity index (χ0) is 19.4. The Morgan fingerprint density at radius 2 is 1.86 bits per heavy atom. The third-order valence-electron chi connectivity index (χ3n) is 6.10. The number of amides is 1. The van der Waals surface area contributed by atoms with Gasteiger partial charge in [-0.3, -0.25) is 14.5 Å². The predicted octanol–water partition coefficient (Wildman–Crippen LogP) is 4.26. The van der Waals surface area contributed by atoms with Crippen LogP contribution in [0.1, 0.15) is 47.9 Å². The van der Waals surface area contributed by atoms with Gasteiger partial charge >= 0.3 is 0 Å². The van der Waals surface area contributed by atoms with Gasteiger partial charge in [0.15, 0.2) is 16.7 Å². The Labute approximate surface area is 168 Å². The highest BCUT2D eigenvalue weighted by atomic mass is 32.1. The number of fused-ring (bicyclic) bond motifs is 1. The molecule has 1 aromatic carbocycles. The van der Waals surface area contributed by atoms with Crippen molar-refractivity contribution >= 4 is 28.2 Å². The molecular weight excluding hydrogens is 372 g/mol. The van der Waals surface area contributed by atoms with E-state index >= 15 is 0 Å². The summed E-state index contributed by atoms with van der Waals surface area (Å²) >= 11 is 1.49. The third-order valence-corrected chi connectivity index (χ3v) is 7.17. The Balaban J connectivity index is 1.66. The van der Waals surface area contributed by atoms with E-state index in [4.69, 9.17) is 4.74 Å². The molecule has 1 saturated carbocycles. The van der Waals surface area contributed by atoms with Crippen molar-refractivity contribution in [3.8, 4) is 0 Å². The first kappa shape index (κ1) is 17.6. The molecule has 1 fully saturated rings. The highest BCUT2D eigenvalue weighted by Crippen LogP contribution is 2.48. The molecule has 1 aromatic heterocycles. The first-order chi connectivity index (χ1) is 13.6. The summed E-state index contributed by atoms with van der Waals surface area (Å²) in [4.78, 5) is 34.3. The molecule has 6 heteroatoms. The van der Waals surface area contributed by atoms with Crippen LogP contribution in [0.2, 0.25) is 0 Å². The quantitative estimate of drug-likeness (QED) is 0.764. The number of benzene rings is 1. The molecule has 5 nitrogen and oxygen atoms in total. The first-order valence-electron chi connectivity index (χ1n) is 9.84. The molecule has 0 spiro atoms. The number of Topliss-reactive ketones (excluding diaryl/α,β-unsaturated/α-hetero) is 1. The summed E-state index contributed by atoms with van der Waals surface area (Å²) < 4.78 is 6.18. The highest BCUT2D eigenvalue weighted by Gasteiger charge is 2.53. The maximum absolute atomic E-state index is 13.5. The second kappa shape index (κ2) is 6.55. The fourth-order valence-corrected chi connectivity index (χ4v) is 5.49. The van der Waals surface area contributed by atoms with Crippen LogP contribution >= 0.6 is 11.3 Å². The number of anilines is 1. The summed E-state index contributed by atoms with van der Waals surface area (Å²) in [7, 11) is 0. The maximum Gasteiger partial charge on any atom is 0.296 e. The Kier molecular flexibility index (Phi) is 4.12. The van der Waals surface area contributed by atoms with Gasteiger partial charge in [-0.1, -0.05) is 36.8 Å². The molecule has 5 rings (SSSR count). The summed E-state index contributed by atoms with van der Waals surface area (Å²) in [6, 6.07) is 9.28. The monoisotopic (exact) mass is 394 g/mol. The van der Waals surface area contributed by atoms with Gasteiger partial charge in [-0.2, -0.15) is 0 Å². The molecule has 3 unspecified atom stereocenters. The van der Waals surface area contributed by atoms with Crippen molar-refractivity contribution in [3.63, 3.8) is 0 Å². The summed E-state index contributed by atoms with van der Waals surface area (Å²) in [6.07, 6.45) is 3.59. The van der Waals surface area contributed by atoms with Crippen molar-refractivity contribution in [1.82, 2.24) is 4.98 Å². The second-order valence-corrected chi connectivity index (χ2v) is 8.96. The van der Waals surface area contributed by atoms with Crippen LogP contribution in [-0.4, -0.2) is 22.8 Å². The van der Waals surface area contributed by atoms with E-state index in [0.717, 1.165) is 41.8 Å². The molecule has 3 heterocycles. The molecule has 2 aliphatic heterocycles. The maximum atomic E-state index is 13.5. The first-order valence-corrected chi connectivity index (χ1v) is 10.7. The Hall–Kier alpha value is -2.47. The minimum atomic E-state index is -0.468. The van der Waals surface area contributed by atoms with Crippen LogP contribution < -0.4 is 4.90 Å². The van der Waals surface area contributed by atoms with E-state index in [1.807, 2.05) is 44.2 Å². The molecular formula is C22H22N2O3S. The van der Waals surface area contributed by atoms with E-state index in [9.17, 15) is 9.59 Å². The second-order valence-electron chi connectivity index (χ2n) is 7.78. The fraction of sp³-hybridized carbons (Fsp3) is 0.409. The third kappa shape index (κ3) is 2.54. The summed E-state index contributed by atoms with van der Waals surface area (Å²) in [5.74, 6) is -0.0469. The molecule has 0 N–H and O–H groups in total. The molecule has 3 aliphatic rings. The number of aromatic nitrogens is 1. The summed E-state index contributed by atoms with van der Waals surface area (Å²) in [5.41, 5.74) is 2.34. The van der Waals surface area contributed by atoms with Gasteiger partial charge in [0.1, 0.15) is 6.10 Å². The molecule has 3 atom stereocenters. The van der Waals surface area contributed by atoms with E-state index in [1.165, 1.54) is 11.3 Å². The number of hydrogen-bond donors (Lipinski definition) is 0. The van der Waals surface area contributed by atoms with Crippen molar-refractivity contribution in [3.05, 3.63) is 57.8 Å². The number of ether oxygens (including phenoxy) is 1. The predicted molar refractivity (Wildman–Crippen MR) is 107 cm³/mol. The topological polar surface area (TPSA) is 59.5 Å². The SMILES string of the molecule is Cc1nc(N2C(=O)C3=C(C(=O)C4CCCCC4O3)C2c2ccccc2)sc1C. The number of carbonyl (C=O) groups excluding carboxylic acids is 2. The van der Waals surface area contributed by atoms with Gasteiger partial charge in [-0.05, 0) is 38.7 Å². The van der Waals surface area contributed by atoms with Crippen LogP contribution in [-0.2, 0) is 14.3 Å². The number of ketones is 1. The molecule has 144 valence electrons.